The Morgan fingerprint density at radius 2 is 1.62 bits per heavy atom. The number of ketones is 1. The van der Waals surface area contributed by atoms with Crippen LogP contribution in [0.15, 0.2) is 71.6 Å². The summed E-state index contributed by atoms with van der Waals surface area (Å²) >= 11 is 0. The van der Waals surface area contributed by atoms with Gasteiger partial charge in [0.25, 0.3) is 0 Å². The maximum Gasteiger partial charge on any atom is 0.331 e. The summed E-state index contributed by atoms with van der Waals surface area (Å²) in [6.45, 7) is -0.792. The van der Waals surface area contributed by atoms with E-state index in [1.807, 2.05) is 0 Å². The van der Waals surface area contributed by atoms with Crippen LogP contribution in [0, 0.1) is 5.41 Å². The minimum absolute atomic E-state index is 0.0267. The van der Waals surface area contributed by atoms with E-state index in [-0.39, 0.29) is 17.2 Å². The molecule has 32 heavy (non-hydrogen) atoms. The van der Waals surface area contributed by atoms with E-state index in [0.717, 1.165) is 0 Å². The van der Waals surface area contributed by atoms with Crippen molar-refractivity contribution >= 4 is 38.4 Å². The number of amidine groups is 1. The van der Waals surface area contributed by atoms with Crippen LogP contribution < -0.4 is 16.2 Å². The number of Topliss-reactive ketones (excluding diaryl/α,β-unsaturated/α-hetero) is 1. The van der Waals surface area contributed by atoms with Gasteiger partial charge in [-0.1, -0.05) is 60.7 Å². The molecule has 0 saturated carbocycles. The first-order valence-electron chi connectivity index (χ1n) is 9.51. The van der Waals surface area contributed by atoms with Crippen molar-refractivity contribution in [1.29, 1.82) is 5.41 Å². The maximum atomic E-state index is 12.8. The monoisotopic (exact) mass is 454 g/mol. The third-order valence-corrected chi connectivity index (χ3v) is 6.55. The summed E-state index contributed by atoms with van der Waals surface area (Å²) < 4.78 is 27.8. The lowest BCUT2D eigenvalue weighted by atomic mass is 9.87. The first kappa shape index (κ1) is 23.1. The zero-order valence-electron chi connectivity index (χ0n) is 16.9. The van der Waals surface area contributed by atoms with Crippen LogP contribution in [-0.2, 0) is 26.0 Å². The van der Waals surface area contributed by atoms with E-state index < -0.39 is 33.9 Å². The molecule has 10 heteroatoms. The molecule has 0 bridgehead atoms. The van der Waals surface area contributed by atoms with Crippen molar-refractivity contribution in [2.45, 2.75) is 16.9 Å². The largest absolute Gasteiger partial charge is 0.480 e. The Kier molecular flexibility index (Phi) is 6.40. The number of hydrogen-bond acceptors (Lipinski definition) is 6. The molecule has 3 aromatic rings. The van der Waals surface area contributed by atoms with Gasteiger partial charge in [0.2, 0.25) is 10.0 Å². The van der Waals surface area contributed by atoms with E-state index in [2.05, 4.69) is 4.72 Å². The first-order chi connectivity index (χ1) is 15.0. The Bertz CT molecular complexity index is 1300. The third-order valence-electron chi connectivity index (χ3n) is 5.09. The number of benzene rings is 3. The van der Waals surface area contributed by atoms with E-state index in [9.17, 15) is 23.1 Å². The summed E-state index contributed by atoms with van der Waals surface area (Å²) in [6.07, 6.45) is -0.366. The highest BCUT2D eigenvalue weighted by Crippen LogP contribution is 2.22. The molecule has 0 amide bonds. The SMILES string of the molecule is N=C(N)c1ccc(CC(N)(C(=O)O)C(=O)CNS(=O)(=O)c2cccc3ccccc23)cc1. The predicted octanol–water partition coefficient (Wildman–Crippen LogP) is 0.996. The molecule has 9 nitrogen and oxygen atoms in total. The number of carbonyl (C=O) groups is 2. The van der Waals surface area contributed by atoms with Crippen LogP contribution in [0.25, 0.3) is 10.8 Å². The van der Waals surface area contributed by atoms with E-state index >= 15 is 0 Å². The summed E-state index contributed by atoms with van der Waals surface area (Å²) in [5, 5.41) is 18.2. The van der Waals surface area contributed by atoms with Crippen LogP contribution in [0.4, 0.5) is 0 Å². The van der Waals surface area contributed by atoms with Crippen LogP contribution in [0.3, 0.4) is 0 Å². The summed E-state index contributed by atoms with van der Waals surface area (Å²) in [7, 11) is -4.11. The minimum atomic E-state index is -4.11. The molecule has 0 aliphatic carbocycles. The van der Waals surface area contributed by atoms with Gasteiger partial charge in [-0.25, -0.2) is 17.9 Å². The standard InChI is InChI=1S/C22H22N4O5S/c23-20(24)16-10-8-14(9-11-16)12-22(25,21(28)29)19(27)13-26-32(30,31)18-7-3-5-15-4-1-2-6-17(15)18/h1-11,26H,12-13,25H2,(H3,23,24)(H,28,29). The molecule has 1 atom stereocenters. The number of aliphatic carboxylic acids is 1. The Labute approximate surface area is 184 Å². The number of sulfonamides is 1. The smallest absolute Gasteiger partial charge is 0.331 e. The molecule has 166 valence electrons. The third kappa shape index (κ3) is 4.67. The molecule has 0 heterocycles. The van der Waals surface area contributed by atoms with E-state index in [0.29, 0.717) is 21.9 Å². The molecule has 3 aromatic carbocycles. The quantitative estimate of drug-likeness (QED) is 0.182. The van der Waals surface area contributed by atoms with Crippen molar-refractivity contribution in [3.05, 3.63) is 77.9 Å². The van der Waals surface area contributed by atoms with Gasteiger partial charge in [-0.2, -0.15) is 0 Å². The Morgan fingerprint density at radius 1 is 1.00 bits per heavy atom. The first-order valence-corrected chi connectivity index (χ1v) is 11.0. The fraction of sp³-hybridized carbons (Fsp3) is 0.136. The average Bonchev–Trinajstić information content (AvgIpc) is 2.77. The van der Waals surface area contributed by atoms with Gasteiger partial charge < -0.3 is 16.6 Å². The molecule has 0 saturated heterocycles. The van der Waals surface area contributed by atoms with Gasteiger partial charge in [0.15, 0.2) is 11.3 Å². The number of rotatable bonds is 9. The second kappa shape index (κ2) is 8.87. The van der Waals surface area contributed by atoms with Crippen molar-refractivity contribution in [2.24, 2.45) is 11.5 Å². The van der Waals surface area contributed by atoms with Crippen molar-refractivity contribution in [1.82, 2.24) is 4.72 Å². The zero-order valence-corrected chi connectivity index (χ0v) is 17.7. The second-order valence-corrected chi connectivity index (χ2v) is 9.02. The minimum Gasteiger partial charge on any atom is -0.480 e. The van der Waals surface area contributed by atoms with E-state index in [1.54, 1.807) is 36.4 Å². The number of nitrogens with two attached hydrogens (primary N) is 2. The number of nitrogen functional groups attached to an aromatic ring is 1. The normalized spacial score (nSPS) is 13.4. The highest BCUT2D eigenvalue weighted by atomic mass is 32.2. The molecule has 7 N–H and O–H groups in total. The highest BCUT2D eigenvalue weighted by Gasteiger charge is 2.42. The zero-order chi connectivity index (χ0) is 23.5. The van der Waals surface area contributed by atoms with Crippen LogP contribution in [-0.4, -0.2) is 43.2 Å². The Hall–Kier alpha value is -3.60. The van der Waals surface area contributed by atoms with Gasteiger partial charge in [-0.15, -0.1) is 0 Å². The molecular formula is C22H22N4O5S. The Morgan fingerprint density at radius 3 is 2.25 bits per heavy atom. The number of hydrogen-bond donors (Lipinski definition) is 5. The molecule has 0 aliphatic heterocycles. The fourth-order valence-electron chi connectivity index (χ4n) is 3.24. The molecule has 0 aromatic heterocycles. The molecule has 1 unspecified atom stereocenters. The predicted molar refractivity (Wildman–Crippen MR) is 120 cm³/mol. The van der Waals surface area contributed by atoms with Gasteiger partial charge in [0.05, 0.1) is 11.4 Å². The van der Waals surface area contributed by atoms with Crippen LogP contribution in [0.5, 0.6) is 0 Å². The molecule has 0 radical (unpaired) electrons. The summed E-state index contributed by atoms with van der Waals surface area (Å²) in [4.78, 5) is 24.5. The van der Waals surface area contributed by atoms with Crippen molar-refractivity contribution in [2.75, 3.05) is 6.54 Å². The van der Waals surface area contributed by atoms with Gasteiger partial charge in [-0.05, 0) is 17.0 Å². The lowest BCUT2D eigenvalue weighted by Crippen LogP contribution is -2.59. The second-order valence-electron chi connectivity index (χ2n) is 7.29. The van der Waals surface area contributed by atoms with Gasteiger partial charge in [-0.3, -0.25) is 10.2 Å². The molecular weight excluding hydrogens is 432 g/mol. The highest BCUT2D eigenvalue weighted by molar-refractivity contribution is 7.89. The Balaban J connectivity index is 1.81. The summed E-state index contributed by atoms with van der Waals surface area (Å²) in [6, 6.07) is 17.6. The number of fused-ring (bicyclic) bond motifs is 1. The van der Waals surface area contributed by atoms with Crippen LogP contribution in [0.1, 0.15) is 11.1 Å². The number of nitrogens with one attached hydrogen (secondary N) is 2. The van der Waals surface area contributed by atoms with Gasteiger partial charge >= 0.3 is 5.97 Å². The maximum absolute atomic E-state index is 12.8. The average molecular weight is 455 g/mol. The van der Waals surface area contributed by atoms with Gasteiger partial charge in [0, 0.05) is 17.4 Å². The van der Waals surface area contributed by atoms with Gasteiger partial charge in [0.1, 0.15) is 5.84 Å². The van der Waals surface area contributed by atoms with Crippen molar-refractivity contribution < 1.29 is 23.1 Å². The summed E-state index contributed by atoms with van der Waals surface area (Å²) in [5.74, 6) is -2.74. The molecule has 0 aliphatic rings. The number of carboxylic acid groups (broad SMARTS) is 1. The molecule has 0 spiro atoms. The lowest BCUT2D eigenvalue weighted by molar-refractivity contribution is -0.148. The lowest BCUT2D eigenvalue weighted by Gasteiger charge is -2.23. The topological polar surface area (TPSA) is 176 Å². The number of carbonyl (C=O) groups excluding carboxylic acids is 1. The van der Waals surface area contributed by atoms with Crippen LogP contribution in [0.2, 0.25) is 0 Å². The van der Waals surface area contributed by atoms with Crippen molar-refractivity contribution in [3.63, 3.8) is 0 Å². The number of carboxylic acids is 1. The van der Waals surface area contributed by atoms with E-state index in [4.69, 9.17) is 16.9 Å². The van der Waals surface area contributed by atoms with E-state index in [1.165, 1.54) is 30.3 Å². The molecule has 0 fully saturated rings. The molecule has 3 rings (SSSR count). The summed E-state index contributed by atoms with van der Waals surface area (Å²) in [5.41, 5.74) is 9.82. The fourth-order valence-corrected chi connectivity index (χ4v) is 4.45. The van der Waals surface area contributed by atoms with Crippen LogP contribution >= 0.6 is 0 Å². The van der Waals surface area contributed by atoms with Crippen molar-refractivity contribution in [3.8, 4) is 0 Å².